The Morgan fingerprint density at radius 1 is 0.593 bits per heavy atom. The van der Waals surface area contributed by atoms with Crippen molar-refractivity contribution in [1.29, 1.82) is 0 Å². The summed E-state index contributed by atoms with van der Waals surface area (Å²) in [6.45, 7) is 1.55. The van der Waals surface area contributed by atoms with Gasteiger partial charge in [-0.2, -0.15) is 0 Å². The van der Waals surface area contributed by atoms with Crippen LogP contribution in [0.15, 0.2) is 96.0 Å². The van der Waals surface area contributed by atoms with Crippen molar-refractivity contribution in [2.45, 2.75) is 63.2 Å². The zero-order valence-corrected chi connectivity index (χ0v) is 34.0. The highest BCUT2D eigenvalue weighted by atomic mass is 127. The molecule has 0 fully saturated rings. The van der Waals surface area contributed by atoms with Crippen LogP contribution in [-0.4, -0.2) is 66.2 Å². The largest absolute Gasteiger partial charge is 0.370 e. The van der Waals surface area contributed by atoms with Crippen molar-refractivity contribution in [2.24, 2.45) is 22.2 Å². The van der Waals surface area contributed by atoms with E-state index in [0.717, 1.165) is 34.6 Å². The minimum atomic E-state index is -1.16. The Morgan fingerprint density at radius 3 is 1.52 bits per heavy atom. The van der Waals surface area contributed by atoms with E-state index in [1.54, 1.807) is 0 Å². The standard InChI is InChI=1S/C39H44I2N8O5/c1-23(50)46-32(20-24-9-14-29(40)15-10-24)36(52)49-34(22-26-8-13-27-5-2-3-6-28(27)19-26)38(54)48-33(21-25-11-16-30(41)17-12-25)37(53)47-31(35(42)51)7-4-18-45-39(43)44/h2-3,5-6,8-17,19,31-34H,4,7,18,20-22H2,1H3,(H2,42,51)(H,46,50)(H,47,53)(H,48,54)(H,49,52)(H4,43,44,45)/t31-,32+,33+,34+/m0/s1. The van der Waals surface area contributed by atoms with Gasteiger partial charge in [0.05, 0.1) is 0 Å². The van der Waals surface area contributed by atoms with Gasteiger partial charge in [0.1, 0.15) is 24.2 Å². The fourth-order valence-electron chi connectivity index (χ4n) is 5.79. The van der Waals surface area contributed by atoms with Crippen LogP contribution in [0.2, 0.25) is 0 Å². The third kappa shape index (κ3) is 13.6. The molecule has 4 atom stereocenters. The first-order valence-corrected chi connectivity index (χ1v) is 19.4. The maximum absolute atomic E-state index is 14.3. The molecular weight excluding hydrogens is 914 g/mol. The highest BCUT2D eigenvalue weighted by Gasteiger charge is 2.31. The van der Waals surface area contributed by atoms with Gasteiger partial charge in [0.15, 0.2) is 5.96 Å². The molecular formula is C39H44I2N8O5. The second-order valence-electron chi connectivity index (χ2n) is 12.8. The zero-order chi connectivity index (χ0) is 39.2. The number of hydrogen-bond donors (Lipinski definition) is 7. The Hall–Kier alpha value is -4.78. The first-order valence-electron chi connectivity index (χ1n) is 17.3. The van der Waals surface area contributed by atoms with Crippen molar-refractivity contribution >= 4 is 91.4 Å². The van der Waals surface area contributed by atoms with Gasteiger partial charge in [-0.25, -0.2) is 0 Å². The summed E-state index contributed by atoms with van der Waals surface area (Å²) in [5.41, 5.74) is 18.8. The third-order valence-corrected chi connectivity index (χ3v) is 9.96. The molecule has 0 radical (unpaired) electrons. The van der Waals surface area contributed by atoms with Crippen LogP contribution in [0.25, 0.3) is 10.8 Å². The predicted molar refractivity (Wildman–Crippen MR) is 226 cm³/mol. The van der Waals surface area contributed by atoms with Gasteiger partial charge in [0.2, 0.25) is 29.5 Å². The van der Waals surface area contributed by atoms with Crippen molar-refractivity contribution in [2.75, 3.05) is 6.54 Å². The number of carbonyl (C=O) groups is 5. The van der Waals surface area contributed by atoms with E-state index in [1.165, 1.54) is 6.92 Å². The normalized spacial score (nSPS) is 13.1. The molecule has 0 aliphatic carbocycles. The Morgan fingerprint density at radius 2 is 1.04 bits per heavy atom. The molecule has 0 aromatic heterocycles. The van der Waals surface area contributed by atoms with Crippen LogP contribution in [0, 0.1) is 7.14 Å². The summed E-state index contributed by atoms with van der Waals surface area (Å²) in [4.78, 5) is 70.6. The summed E-state index contributed by atoms with van der Waals surface area (Å²) < 4.78 is 1.99. The number of nitrogens with two attached hydrogens (primary N) is 3. The van der Waals surface area contributed by atoms with Gasteiger partial charge in [-0.3, -0.25) is 29.0 Å². The van der Waals surface area contributed by atoms with Crippen LogP contribution in [-0.2, 0) is 43.2 Å². The average Bonchev–Trinajstić information content (AvgIpc) is 3.13. The van der Waals surface area contributed by atoms with Crippen molar-refractivity contribution in [3.63, 3.8) is 0 Å². The molecule has 0 saturated heterocycles. The third-order valence-electron chi connectivity index (χ3n) is 8.53. The Balaban J connectivity index is 1.63. The lowest BCUT2D eigenvalue weighted by atomic mass is 9.99. The SMILES string of the molecule is CC(=O)N[C@H](Cc1ccc(I)cc1)C(=O)N[C@H](Cc1ccc2ccccc2c1)C(=O)N[C@H](Cc1ccc(I)cc1)C(=O)N[C@@H](CCCN=C(N)N)C(N)=O. The number of amides is 5. The maximum Gasteiger partial charge on any atom is 0.243 e. The number of nitrogens with one attached hydrogen (secondary N) is 4. The fourth-order valence-corrected chi connectivity index (χ4v) is 6.51. The summed E-state index contributed by atoms with van der Waals surface area (Å²) in [5.74, 6) is -3.12. The van der Waals surface area contributed by atoms with E-state index >= 15 is 0 Å². The molecule has 4 aromatic carbocycles. The van der Waals surface area contributed by atoms with Crippen molar-refractivity contribution in [1.82, 2.24) is 21.3 Å². The van der Waals surface area contributed by atoms with E-state index in [2.05, 4.69) is 71.4 Å². The molecule has 4 aromatic rings. The van der Waals surface area contributed by atoms with Crippen LogP contribution >= 0.6 is 45.2 Å². The van der Waals surface area contributed by atoms with Crippen molar-refractivity contribution in [3.8, 4) is 0 Å². The summed E-state index contributed by atoms with van der Waals surface area (Å²) in [6, 6.07) is 24.1. The number of nitrogens with zero attached hydrogens (tertiary/aromatic N) is 1. The molecule has 10 N–H and O–H groups in total. The number of fused-ring (bicyclic) bond motifs is 1. The fraction of sp³-hybridized carbons (Fsp3) is 0.282. The van der Waals surface area contributed by atoms with Gasteiger partial charge in [-0.1, -0.05) is 66.7 Å². The molecule has 0 spiro atoms. The maximum atomic E-state index is 14.3. The van der Waals surface area contributed by atoms with E-state index in [4.69, 9.17) is 17.2 Å². The number of carbonyl (C=O) groups excluding carboxylic acids is 5. The second kappa shape index (κ2) is 20.6. The van der Waals surface area contributed by atoms with Gasteiger partial charge in [0.25, 0.3) is 0 Å². The van der Waals surface area contributed by atoms with E-state index in [-0.39, 0.29) is 38.2 Å². The monoisotopic (exact) mass is 958 g/mol. The van der Waals surface area contributed by atoms with E-state index in [1.807, 2.05) is 91.0 Å². The highest BCUT2D eigenvalue weighted by Crippen LogP contribution is 2.18. The molecule has 284 valence electrons. The molecule has 4 rings (SSSR count). The number of rotatable bonds is 18. The zero-order valence-electron chi connectivity index (χ0n) is 29.7. The highest BCUT2D eigenvalue weighted by molar-refractivity contribution is 14.1. The van der Waals surface area contributed by atoms with Gasteiger partial charge in [-0.15, -0.1) is 0 Å². The number of halogens is 2. The molecule has 0 heterocycles. The van der Waals surface area contributed by atoms with E-state index in [0.29, 0.717) is 6.42 Å². The molecule has 0 aliphatic rings. The summed E-state index contributed by atoms with van der Waals surface area (Å²) in [7, 11) is 0. The lowest BCUT2D eigenvalue weighted by molar-refractivity contribution is -0.134. The predicted octanol–water partition coefficient (Wildman–Crippen LogP) is 2.57. The smallest absolute Gasteiger partial charge is 0.243 e. The van der Waals surface area contributed by atoms with E-state index in [9.17, 15) is 24.0 Å². The van der Waals surface area contributed by atoms with Gasteiger partial charge in [-0.05, 0) is 110 Å². The van der Waals surface area contributed by atoms with Gasteiger partial charge in [0, 0.05) is 39.9 Å². The minimum Gasteiger partial charge on any atom is -0.370 e. The first kappa shape index (κ1) is 42.0. The summed E-state index contributed by atoms with van der Waals surface area (Å²) in [5, 5.41) is 13.1. The molecule has 0 bridgehead atoms. The summed E-state index contributed by atoms with van der Waals surface area (Å²) >= 11 is 4.35. The number of hydrogen-bond acceptors (Lipinski definition) is 6. The number of aliphatic imine (C=N–C) groups is 1. The second-order valence-corrected chi connectivity index (χ2v) is 15.3. The first-order chi connectivity index (χ1) is 25.8. The molecule has 0 unspecified atom stereocenters. The molecule has 5 amide bonds. The topological polar surface area (TPSA) is 224 Å². The Bertz CT molecular complexity index is 1970. The average molecular weight is 959 g/mol. The van der Waals surface area contributed by atoms with E-state index < -0.39 is 53.7 Å². The Kier molecular flexibility index (Phi) is 16.0. The van der Waals surface area contributed by atoms with Gasteiger partial charge >= 0.3 is 0 Å². The van der Waals surface area contributed by atoms with Crippen LogP contribution in [0.3, 0.4) is 0 Å². The van der Waals surface area contributed by atoms with Crippen molar-refractivity contribution in [3.05, 3.63) is 115 Å². The molecule has 54 heavy (non-hydrogen) atoms. The lowest BCUT2D eigenvalue weighted by Crippen LogP contribution is -2.59. The van der Waals surface area contributed by atoms with Crippen molar-refractivity contribution < 1.29 is 24.0 Å². The van der Waals surface area contributed by atoms with Crippen LogP contribution in [0.5, 0.6) is 0 Å². The van der Waals surface area contributed by atoms with Crippen LogP contribution < -0.4 is 38.5 Å². The Labute approximate surface area is 341 Å². The quantitative estimate of drug-likeness (QED) is 0.0342. The number of guanidine groups is 1. The minimum absolute atomic E-state index is 0.0747. The molecule has 0 aliphatic heterocycles. The number of benzene rings is 4. The molecule has 13 nitrogen and oxygen atoms in total. The lowest BCUT2D eigenvalue weighted by Gasteiger charge is -2.26. The number of primary amides is 1. The molecule has 15 heteroatoms. The van der Waals surface area contributed by atoms with Crippen LogP contribution in [0.4, 0.5) is 0 Å². The van der Waals surface area contributed by atoms with Gasteiger partial charge < -0.3 is 38.5 Å². The molecule has 0 saturated carbocycles. The summed E-state index contributed by atoms with van der Waals surface area (Å²) in [6.07, 6.45) is 0.852. The van der Waals surface area contributed by atoms with Crippen LogP contribution in [0.1, 0.15) is 36.5 Å².